The maximum absolute atomic E-state index is 13.0. The first kappa shape index (κ1) is 13.7. The highest BCUT2D eigenvalue weighted by Gasteiger charge is 2.48. The average molecular weight is 261 g/mol. The van der Waals surface area contributed by atoms with E-state index in [2.05, 4.69) is 5.32 Å². The van der Waals surface area contributed by atoms with Crippen LogP contribution in [0.4, 0.5) is 8.78 Å². The molecule has 18 heavy (non-hydrogen) atoms. The standard InChI is InChI=1S/C13H21F2NO2/c1-12(2)9(7-10(12)17)16-11(18)8-3-5-13(14,15)6-4-8/h8-10,17H,3-7H2,1-2H3,(H,16,18). The molecule has 0 aliphatic heterocycles. The van der Waals surface area contributed by atoms with Crippen molar-refractivity contribution in [3.63, 3.8) is 0 Å². The van der Waals surface area contributed by atoms with Gasteiger partial charge in [0.15, 0.2) is 0 Å². The van der Waals surface area contributed by atoms with Crippen molar-refractivity contribution in [3.05, 3.63) is 0 Å². The maximum Gasteiger partial charge on any atom is 0.248 e. The summed E-state index contributed by atoms with van der Waals surface area (Å²) in [6, 6.07) is -0.0394. The highest BCUT2D eigenvalue weighted by molar-refractivity contribution is 5.79. The van der Waals surface area contributed by atoms with E-state index in [0.29, 0.717) is 6.42 Å². The predicted octanol–water partition coefficient (Wildman–Crippen LogP) is 2.09. The van der Waals surface area contributed by atoms with E-state index in [1.54, 1.807) is 0 Å². The lowest BCUT2D eigenvalue weighted by atomic mass is 9.64. The third kappa shape index (κ3) is 2.51. The predicted molar refractivity (Wildman–Crippen MR) is 63.2 cm³/mol. The van der Waals surface area contributed by atoms with Crippen molar-refractivity contribution in [1.29, 1.82) is 0 Å². The molecular formula is C13H21F2NO2. The third-order valence-electron chi connectivity index (χ3n) is 4.62. The number of carbonyl (C=O) groups is 1. The zero-order chi connectivity index (χ0) is 13.6. The van der Waals surface area contributed by atoms with Gasteiger partial charge in [-0.05, 0) is 19.3 Å². The molecule has 3 nitrogen and oxygen atoms in total. The summed E-state index contributed by atoms with van der Waals surface area (Å²) in [6.07, 6.45) is 0.298. The molecule has 2 aliphatic carbocycles. The van der Waals surface area contributed by atoms with Crippen molar-refractivity contribution in [2.24, 2.45) is 11.3 Å². The molecule has 2 unspecified atom stereocenters. The van der Waals surface area contributed by atoms with Crippen LogP contribution in [0, 0.1) is 11.3 Å². The van der Waals surface area contributed by atoms with Gasteiger partial charge in [-0.2, -0.15) is 0 Å². The fourth-order valence-electron chi connectivity index (χ4n) is 2.74. The molecule has 2 aliphatic rings. The molecule has 0 aromatic rings. The highest BCUT2D eigenvalue weighted by Crippen LogP contribution is 2.41. The molecule has 0 spiro atoms. The number of hydrogen-bond acceptors (Lipinski definition) is 2. The lowest BCUT2D eigenvalue weighted by Gasteiger charge is -2.49. The van der Waals surface area contributed by atoms with Crippen LogP contribution in [0.3, 0.4) is 0 Å². The van der Waals surface area contributed by atoms with Gasteiger partial charge in [0, 0.05) is 30.2 Å². The Morgan fingerprint density at radius 1 is 1.28 bits per heavy atom. The van der Waals surface area contributed by atoms with Crippen molar-refractivity contribution < 1.29 is 18.7 Å². The second-order valence-electron chi connectivity index (χ2n) is 6.26. The summed E-state index contributed by atoms with van der Waals surface area (Å²) in [6.45, 7) is 3.81. The second kappa shape index (κ2) is 4.44. The SMILES string of the molecule is CC1(C)C(O)CC1NC(=O)C1CCC(F)(F)CC1. The number of rotatable bonds is 2. The Morgan fingerprint density at radius 2 is 1.83 bits per heavy atom. The summed E-state index contributed by atoms with van der Waals surface area (Å²) in [4.78, 5) is 12.0. The minimum Gasteiger partial charge on any atom is -0.392 e. The van der Waals surface area contributed by atoms with Crippen LogP contribution in [0.2, 0.25) is 0 Å². The van der Waals surface area contributed by atoms with Crippen LogP contribution in [0.15, 0.2) is 0 Å². The number of nitrogens with one attached hydrogen (secondary N) is 1. The Balaban J connectivity index is 1.83. The van der Waals surface area contributed by atoms with E-state index in [9.17, 15) is 18.7 Å². The topological polar surface area (TPSA) is 49.3 Å². The van der Waals surface area contributed by atoms with Crippen molar-refractivity contribution in [2.45, 2.75) is 64.0 Å². The molecule has 1 amide bonds. The Labute approximate surface area is 106 Å². The molecule has 2 atom stereocenters. The van der Waals surface area contributed by atoms with Crippen molar-refractivity contribution in [1.82, 2.24) is 5.32 Å². The summed E-state index contributed by atoms with van der Waals surface area (Å²) in [5, 5.41) is 12.5. The molecule has 2 N–H and O–H groups in total. The second-order valence-corrected chi connectivity index (χ2v) is 6.26. The first-order valence-corrected chi connectivity index (χ1v) is 6.59. The van der Waals surface area contributed by atoms with Crippen LogP contribution in [0.25, 0.3) is 0 Å². The minimum absolute atomic E-state index is 0.0394. The van der Waals surface area contributed by atoms with Gasteiger partial charge in [0.05, 0.1) is 6.10 Å². The van der Waals surface area contributed by atoms with Crippen LogP contribution in [0.1, 0.15) is 46.0 Å². The van der Waals surface area contributed by atoms with Gasteiger partial charge in [-0.25, -0.2) is 8.78 Å². The molecule has 0 aromatic heterocycles. The molecule has 0 saturated heterocycles. The molecule has 2 saturated carbocycles. The summed E-state index contributed by atoms with van der Waals surface area (Å²) in [5.74, 6) is -3.02. The first-order valence-electron chi connectivity index (χ1n) is 6.59. The van der Waals surface area contributed by atoms with Gasteiger partial charge < -0.3 is 10.4 Å². The molecule has 2 rings (SSSR count). The van der Waals surface area contributed by atoms with E-state index in [0.717, 1.165) is 0 Å². The Morgan fingerprint density at radius 3 is 2.28 bits per heavy atom. The lowest BCUT2D eigenvalue weighted by molar-refractivity contribution is -0.136. The van der Waals surface area contributed by atoms with Crippen molar-refractivity contribution in [3.8, 4) is 0 Å². The lowest BCUT2D eigenvalue weighted by Crippen LogP contribution is -2.62. The van der Waals surface area contributed by atoms with Crippen LogP contribution in [0.5, 0.6) is 0 Å². The summed E-state index contributed by atoms with van der Waals surface area (Å²) < 4.78 is 26.0. The quantitative estimate of drug-likeness (QED) is 0.799. The van der Waals surface area contributed by atoms with Crippen LogP contribution in [-0.4, -0.2) is 29.1 Å². The number of aliphatic hydroxyl groups excluding tert-OH is 1. The summed E-state index contributed by atoms with van der Waals surface area (Å²) >= 11 is 0. The zero-order valence-electron chi connectivity index (χ0n) is 10.9. The minimum atomic E-state index is -2.59. The third-order valence-corrected chi connectivity index (χ3v) is 4.62. The van der Waals surface area contributed by atoms with Gasteiger partial charge in [-0.3, -0.25) is 4.79 Å². The fraction of sp³-hybridized carbons (Fsp3) is 0.923. The number of amides is 1. The normalized spacial score (nSPS) is 34.7. The molecule has 5 heteroatoms. The number of halogens is 2. The van der Waals surface area contributed by atoms with Gasteiger partial charge >= 0.3 is 0 Å². The molecule has 2 fully saturated rings. The van der Waals surface area contributed by atoms with Gasteiger partial charge in [-0.15, -0.1) is 0 Å². The Kier molecular flexibility index (Phi) is 3.38. The number of alkyl halides is 2. The average Bonchev–Trinajstić information content (AvgIpc) is 2.28. The van der Waals surface area contributed by atoms with Crippen LogP contribution < -0.4 is 5.32 Å². The smallest absolute Gasteiger partial charge is 0.248 e. The number of carbonyl (C=O) groups excluding carboxylic acids is 1. The van der Waals surface area contributed by atoms with E-state index in [1.165, 1.54) is 0 Å². The van der Waals surface area contributed by atoms with E-state index in [4.69, 9.17) is 0 Å². The van der Waals surface area contributed by atoms with E-state index >= 15 is 0 Å². The van der Waals surface area contributed by atoms with Crippen LogP contribution in [-0.2, 0) is 4.79 Å². The molecule has 0 heterocycles. The maximum atomic E-state index is 13.0. The number of hydrogen-bond donors (Lipinski definition) is 2. The largest absolute Gasteiger partial charge is 0.392 e. The van der Waals surface area contributed by atoms with Gasteiger partial charge in [0.2, 0.25) is 11.8 Å². The Bertz CT molecular complexity index is 334. The van der Waals surface area contributed by atoms with E-state index in [-0.39, 0.29) is 49.0 Å². The van der Waals surface area contributed by atoms with E-state index < -0.39 is 12.0 Å². The zero-order valence-corrected chi connectivity index (χ0v) is 10.9. The van der Waals surface area contributed by atoms with Crippen molar-refractivity contribution in [2.75, 3.05) is 0 Å². The Hall–Kier alpha value is -0.710. The monoisotopic (exact) mass is 261 g/mol. The highest BCUT2D eigenvalue weighted by atomic mass is 19.3. The van der Waals surface area contributed by atoms with Crippen molar-refractivity contribution >= 4 is 5.91 Å². The molecule has 0 bridgehead atoms. The first-order chi connectivity index (χ1) is 8.22. The molecule has 0 radical (unpaired) electrons. The number of aliphatic hydroxyl groups is 1. The van der Waals surface area contributed by atoms with E-state index in [1.807, 2.05) is 13.8 Å². The molecular weight excluding hydrogens is 240 g/mol. The molecule has 0 aromatic carbocycles. The van der Waals surface area contributed by atoms with Gasteiger partial charge in [0.25, 0.3) is 0 Å². The summed E-state index contributed by atoms with van der Waals surface area (Å²) in [5.41, 5.74) is -0.311. The van der Waals surface area contributed by atoms with Gasteiger partial charge in [-0.1, -0.05) is 13.8 Å². The fourth-order valence-corrected chi connectivity index (χ4v) is 2.74. The van der Waals surface area contributed by atoms with Gasteiger partial charge in [0.1, 0.15) is 0 Å². The molecule has 104 valence electrons. The summed E-state index contributed by atoms with van der Waals surface area (Å²) in [7, 11) is 0. The van der Waals surface area contributed by atoms with Crippen LogP contribution >= 0.6 is 0 Å².